The van der Waals surface area contributed by atoms with Crippen LogP contribution in [0.1, 0.15) is 6.92 Å². The molecule has 0 aliphatic heterocycles. The Balaban J connectivity index is 1.68. The number of hydrogen-bond acceptors (Lipinski definition) is 4. The monoisotopic (exact) mass is 367 g/mol. The van der Waals surface area contributed by atoms with Gasteiger partial charge in [0.2, 0.25) is 5.91 Å². The quantitative estimate of drug-likeness (QED) is 0.502. The zero-order valence-electron chi connectivity index (χ0n) is 15.1. The number of H-pyrrole nitrogens is 1. The second-order valence-electron chi connectivity index (χ2n) is 5.92. The highest BCUT2D eigenvalue weighted by Crippen LogP contribution is 2.28. The summed E-state index contributed by atoms with van der Waals surface area (Å²) in [5.74, 6) is 1.11. The first-order chi connectivity index (χ1) is 13.1. The number of nitrogens with zero attached hydrogens (tertiary/aromatic N) is 1. The lowest BCUT2D eigenvalue weighted by Crippen LogP contribution is -2.36. The average Bonchev–Trinajstić information content (AvgIpc) is 3.07. The highest BCUT2D eigenvalue weighted by atomic mass is 16.5. The van der Waals surface area contributed by atoms with Gasteiger partial charge in [-0.2, -0.15) is 5.10 Å². The van der Waals surface area contributed by atoms with Crippen molar-refractivity contribution >= 4 is 28.7 Å². The van der Waals surface area contributed by atoms with Gasteiger partial charge >= 0.3 is 6.03 Å². The van der Waals surface area contributed by atoms with E-state index in [0.717, 1.165) is 27.8 Å². The summed E-state index contributed by atoms with van der Waals surface area (Å²) in [5, 5.41) is 15.9. The Morgan fingerprint density at radius 3 is 2.44 bits per heavy atom. The third-order valence-electron chi connectivity index (χ3n) is 4.00. The van der Waals surface area contributed by atoms with Gasteiger partial charge in [0, 0.05) is 25.4 Å². The lowest BCUT2D eigenvalue weighted by molar-refractivity contribution is -0.118. The van der Waals surface area contributed by atoms with Crippen molar-refractivity contribution in [3.8, 4) is 16.9 Å². The first-order valence-electron chi connectivity index (χ1n) is 8.48. The average molecular weight is 367 g/mol. The van der Waals surface area contributed by atoms with Crippen LogP contribution in [-0.4, -0.2) is 42.3 Å². The molecule has 0 bridgehead atoms. The summed E-state index contributed by atoms with van der Waals surface area (Å²) in [6.07, 6.45) is 0. The van der Waals surface area contributed by atoms with Crippen LogP contribution in [-0.2, 0) is 4.79 Å². The van der Waals surface area contributed by atoms with Crippen molar-refractivity contribution in [2.24, 2.45) is 0 Å². The summed E-state index contributed by atoms with van der Waals surface area (Å²) in [7, 11) is 1.64. The number of aromatic nitrogens is 2. The van der Waals surface area contributed by atoms with Gasteiger partial charge < -0.3 is 15.4 Å². The van der Waals surface area contributed by atoms with Gasteiger partial charge in [-0.25, -0.2) is 4.79 Å². The number of hydrogen-bond donors (Lipinski definition) is 4. The molecule has 27 heavy (non-hydrogen) atoms. The summed E-state index contributed by atoms with van der Waals surface area (Å²) in [4.78, 5) is 22.7. The zero-order valence-corrected chi connectivity index (χ0v) is 15.1. The number of fused-ring (bicyclic) bond motifs is 1. The Bertz CT molecular complexity index is 950. The lowest BCUT2D eigenvalue weighted by Gasteiger charge is -2.07. The van der Waals surface area contributed by atoms with Gasteiger partial charge in [0.1, 0.15) is 5.75 Å². The number of methoxy groups -OCH3 is 1. The molecule has 2 aromatic carbocycles. The van der Waals surface area contributed by atoms with E-state index in [4.69, 9.17) is 4.74 Å². The molecule has 1 aromatic heterocycles. The topological polar surface area (TPSA) is 108 Å². The Kier molecular flexibility index (Phi) is 5.55. The number of carbonyl (C=O) groups excluding carboxylic acids is 2. The predicted octanol–water partition coefficient (Wildman–Crippen LogP) is 2.50. The molecule has 0 aliphatic carbocycles. The third kappa shape index (κ3) is 4.55. The molecule has 8 heteroatoms. The second-order valence-corrected chi connectivity index (χ2v) is 5.92. The van der Waals surface area contributed by atoms with Gasteiger partial charge in [0.15, 0.2) is 5.82 Å². The Morgan fingerprint density at radius 2 is 1.74 bits per heavy atom. The standard InChI is InChI=1S/C19H21N5O3/c1-12(25)20-9-10-21-19(26)22-18-16-8-5-14(11-17(16)23-24-18)13-3-6-15(27-2)7-4-13/h3-8,11H,9-10H2,1-2H3,(H,20,25)(H3,21,22,23,24,26). The first-order valence-corrected chi connectivity index (χ1v) is 8.48. The van der Waals surface area contributed by atoms with Crippen LogP contribution in [0, 0.1) is 0 Å². The van der Waals surface area contributed by atoms with Crippen LogP contribution in [0.25, 0.3) is 22.0 Å². The van der Waals surface area contributed by atoms with Crippen LogP contribution in [0.3, 0.4) is 0 Å². The van der Waals surface area contributed by atoms with E-state index in [1.54, 1.807) is 7.11 Å². The largest absolute Gasteiger partial charge is 0.497 e. The van der Waals surface area contributed by atoms with Crippen LogP contribution in [0.5, 0.6) is 5.75 Å². The van der Waals surface area contributed by atoms with Crippen LogP contribution in [0.15, 0.2) is 42.5 Å². The van der Waals surface area contributed by atoms with Gasteiger partial charge in [-0.15, -0.1) is 0 Å². The van der Waals surface area contributed by atoms with Crippen molar-refractivity contribution in [1.82, 2.24) is 20.8 Å². The summed E-state index contributed by atoms with van der Waals surface area (Å²) < 4.78 is 5.18. The molecule has 0 atom stereocenters. The van der Waals surface area contributed by atoms with E-state index in [2.05, 4.69) is 26.1 Å². The Morgan fingerprint density at radius 1 is 1.04 bits per heavy atom. The van der Waals surface area contributed by atoms with Crippen molar-refractivity contribution in [3.05, 3.63) is 42.5 Å². The van der Waals surface area contributed by atoms with Crippen molar-refractivity contribution in [2.45, 2.75) is 6.92 Å². The van der Waals surface area contributed by atoms with Gasteiger partial charge in [0.25, 0.3) is 0 Å². The minimum Gasteiger partial charge on any atom is -0.497 e. The normalized spacial score (nSPS) is 10.4. The second kappa shape index (κ2) is 8.22. The fraction of sp³-hybridized carbons (Fsp3) is 0.211. The molecule has 3 rings (SSSR count). The molecule has 0 saturated carbocycles. The Labute approximate surface area is 156 Å². The molecule has 0 spiro atoms. The number of benzene rings is 2. The summed E-state index contributed by atoms with van der Waals surface area (Å²) in [5.41, 5.74) is 2.90. The van der Waals surface area contributed by atoms with Gasteiger partial charge in [-0.3, -0.25) is 15.2 Å². The van der Waals surface area contributed by atoms with Crippen LogP contribution < -0.4 is 20.7 Å². The fourth-order valence-electron chi connectivity index (χ4n) is 2.64. The van der Waals surface area contributed by atoms with Crippen LogP contribution >= 0.6 is 0 Å². The third-order valence-corrected chi connectivity index (χ3v) is 4.00. The highest BCUT2D eigenvalue weighted by molar-refractivity contribution is 6.00. The highest BCUT2D eigenvalue weighted by Gasteiger charge is 2.10. The summed E-state index contributed by atoms with van der Waals surface area (Å²) >= 11 is 0. The van der Waals surface area contributed by atoms with E-state index < -0.39 is 0 Å². The van der Waals surface area contributed by atoms with Gasteiger partial charge in [-0.1, -0.05) is 18.2 Å². The number of anilines is 1. The van der Waals surface area contributed by atoms with E-state index in [1.165, 1.54) is 6.92 Å². The molecular weight excluding hydrogens is 346 g/mol. The van der Waals surface area contributed by atoms with E-state index in [1.807, 2.05) is 42.5 Å². The van der Waals surface area contributed by atoms with E-state index in [9.17, 15) is 9.59 Å². The minimum atomic E-state index is -0.381. The SMILES string of the molecule is COc1ccc(-c2ccc3c(NC(=O)NCCNC(C)=O)n[nH]c3c2)cc1. The maximum atomic E-state index is 11.9. The molecule has 0 saturated heterocycles. The number of rotatable bonds is 6. The molecule has 8 nitrogen and oxygen atoms in total. The molecule has 140 valence electrons. The molecule has 0 aliphatic rings. The Hall–Kier alpha value is -3.55. The maximum Gasteiger partial charge on any atom is 0.320 e. The van der Waals surface area contributed by atoms with E-state index >= 15 is 0 Å². The molecule has 3 aromatic rings. The number of aromatic amines is 1. The van der Waals surface area contributed by atoms with Crippen LogP contribution in [0.2, 0.25) is 0 Å². The van der Waals surface area contributed by atoms with E-state index in [-0.39, 0.29) is 11.9 Å². The maximum absolute atomic E-state index is 11.9. The molecule has 0 unspecified atom stereocenters. The summed E-state index contributed by atoms with van der Waals surface area (Å²) in [6, 6.07) is 13.3. The molecule has 1 heterocycles. The molecular formula is C19H21N5O3. The van der Waals surface area contributed by atoms with Crippen molar-refractivity contribution < 1.29 is 14.3 Å². The number of urea groups is 1. The zero-order chi connectivity index (χ0) is 19.2. The van der Waals surface area contributed by atoms with Crippen molar-refractivity contribution in [3.63, 3.8) is 0 Å². The van der Waals surface area contributed by atoms with Crippen LogP contribution in [0.4, 0.5) is 10.6 Å². The van der Waals surface area contributed by atoms with Crippen molar-refractivity contribution in [1.29, 1.82) is 0 Å². The summed E-state index contributed by atoms with van der Waals surface area (Å²) in [6.45, 7) is 2.13. The molecule has 3 amide bonds. The molecule has 0 fully saturated rings. The smallest absolute Gasteiger partial charge is 0.320 e. The number of amides is 3. The first kappa shape index (κ1) is 18.2. The van der Waals surface area contributed by atoms with Gasteiger partial charge in [0.05, 0.1) is 12.6 Å². The van der Waals surface area contributed by atoms with Gasteiger partial charge in [-0.05, 0) is 35.4 Å². The van der Waals surface area contributed by atoms with Crippen molar-refractivity contribution in [2.75, 3.05) is 25.5 Å². The van der Waals surface area contributed by atoms with E-state index in [0.29, 0.717) is 18.9 Å². The minimum absolute atomic E-state index is 0.136. The molecule has 4 N–H and O–H groups in total. The molecule has 0 radical (unpaired) electrons. The fourth-order valence-corrected chi connectivity index (χ4v) is 2.64. The lowest BCUT2D eigenvalue weighted by atomic mass is 10.0. The number of carbonyl (C=O) groups is 2. The number of ether oxygens (including phenoxy) is 1. The number of nitrogens with one attached hydrogen (secondary N) is 4. The predicted molar refractivity (Wildman–Crippen MR) is 104 cm³/mol.